The molecule has 4 aromatic carbocycles. The van der Waals surface area contributed by atoms with E-state index in [4.69, 9.17) is 44.9 Å². The molecule has 6 nitrogen and oxygen atoms in total. The number of hydrogen-bond donors (Lipinski definition) is 1. The van der Waals surface area contributed by atoms with Crippen LogP contribution in [-0.4, -0.2) is 23.5 Å². The number of fused-ring (bicyclic) bond motifs is 1. The third kappa shape index (κ3) is 5.71. The molecule has 0 atom stereocenters. The maximum Gasteiger partial charge on any atom is 0.270 e. The average Bonchev–Trinajstić information content (AvgIpc) is 2.93. The Hall–Kier alpha value is -3.43. The van der Waals surface area contributed by atoms with Crippen LogP contribution in [0.15, 0.2) is 82.8 Å². The molecule has 4 aromatic rings. The van der Waals surface area contributed by atoms with Gasteiger partial charge in [0.25, 0.3) is 11.8 Å². The van der Waals surface area contributed by atoms with Crippen molar-refractivity contribution in [3.05, 3.63) is 104 Å². The van der Waals surface area contributed by atoms with Gasteiger partial charge in [0.15, 0.2) is 16.6 Å². The molecule has 1 fully saturated rings. The Balaban J connectivity index is 1.45. The van der Waals surface area contributed by atoms with E-state index in [1.165, 1.54) is 6.08 Å². The van der Waals surface area contributed by atoms with Crippen molar-refractivity contribution in [1.82, 2.24) is 5.32 Å². The first kappa shape index (κ1) is 28.1. The number of halogens is 3. The maximum atomic E-state index is 13.5. The lowest BCUT2D eigenvalue weighted by Crippen LogP contribution is -2.54. The lowest BCUT2D eigenvalue weighted by atomic mass is 10.1. The van der Waals surface area contributed by atoms with E-state index in [9.17, 15) is 9.59 Å². The average molecular weight is 656 g/mol. The fourth-order valence-corrected chi connectivity index (χ4v) is 5.32. The first-order valence-corrected chi connectivity index (χ1v) is 14.1. The van der Waals surface area contributed by atoms with Crippen LogP contribution in [0.5, 0.6) is 11.5 Å². The Labute approximate surface area is 254 Å². The van der Waals surface area contributed by atoms with Crippen LogP contribution in [0.25, 0.3) is 16.8 Å². The number of anilines is 1. The number of amides is 2. The Morgan fingerprint density at radius 1 is 0.950 bits per heavy atom. The number of benzene rings is 4. The molecule has 1 aliphatic heterocycles. The predicted molar refractivity (Wildman–Crippen MR) is 166 cm³/mol. The number of carbonyl (C=O) groups excluding carboxylic acids is 2. The molecular formula is C30H21BrCl2N2O4S. The minimum Gasteiger partial charge on any atom is -0.490 e. The van der Waals surface area contributed by atoms with Crippen molar-refractivity contribution in [2.24, 2.45) is 0 Å². The summed E-state index contributed by atoms with van der Waals surface area (Å²) in [4.78, 5) is 27.5. The Kier molecular flexibility index (Phi) is 8.42. The lowest BCUT2D eigenvalue weighted by Gasteiger charge is -2.29. The van der Waals surface area contributed by atoms with Gasteiger partial charge < -0.3 is 9.47 Å². The zero-order valence-electron chi connectivity index (χ0n) is 21.0. The largest absolute Gasteiger partial charge is 0.490 e. The fraction of sp³-hybridized carbons (Fsp3) is 0.100. The van der Waals surface area contributed by atoms with E-state index < -0.39 is 11.8 Å². The van der Waals surface area contributed by atoms with Gasteiger partial charge in [0.05, 0.1) is 22.3 Å². The fourth-order valence-electron chi connectivity index (χ4n) is 4.23. The predicted octanol–water partition coefficient (Wildman–Crippen LogP) is 7.72. The molecule has 0 aliphatic carbocycles. The van der Waals surface area contributed by atoms with Gasteiger partial charge in [-0.05, 0) is 77.4 Å². The van der Waals surface area contributed by atoms with Gasteiger partial charge in [0.1, 0.15) is 12.2 Å². The highest BCUT2D eigenvalue weighted by Gasteiger charge is 2.36. The van der Waals surface area contributed by atoms with Crippen LogP contribution in [0.2, 0.25) is 10.0 Å². The third-order valence-electron chi connectivity index (χ3n) is 6.14. The van der Waals surface area contributed by atoms with E-state index in [0.29, 0.717) is 34.7 Å². The first-order valence-electron chi connectivity index (χ1n) is 12.2. The van der Waals surface area contributed by atoms with Crippen molar-refractivity contribution in [2.75, 3.05) is 11.5 Å². The summed E-state index contributed by atoms with van der Waals surface area (Å²) in [5.41, 5.74) is 1.66. The van der Waals surface area contributed by atoms with E-state index in [1.54, 1.807) is 30.3 Å². The Morgan fingerprint density at radius 3 is 2.48 bits per heavy atom. The second-order valence-electron chi connectivity index (χ2n) is 8.75. The van der Waals surface area contributed by atoms with Crippen LogP contribution in [0, 0.1) is 0 Å². The number of nitrogens with zero attached hydrogens (tertiary/aromatic N) is 1. The molecule has 202 valence electrons. The quantitative estimate of drug-likeness (QED) is 0.125. The molecule has 0 bridgehead atoms. The normalized spacial score (nSPS) is 14.6. The highest BCUT2D eigenvalue weighted by atomic mass is 79.9. The first-order chi connectivity index (χ1) is 19.3. The summed E-state index contributed by atoms with van der Waals surface area (Å²) < 4.78 is 12.6. The highest BCUT2D eigenvalue weighted by Crippen LogP contribution is 2.37. The van der Waals surface area contributed by atoms with Crippen LogP contribution in [0.3, 0.4) is 0 Å². The summed E-state index contributed by atoms with van der Waals surface area (Å²) in [6.07, 6.45) is 1.46. The van der Waals surface area contributed by atoms with Crippen molar-refractivity contribution in [2.45, 2.75) is 13.5 Å². The molecule has 0 unspecified atom stereocenters. The summed E-state index contributed by atoms with van der Waals surface area (Å²) >= 11 is 21.3. The van der Waals surface area contributed by atoms with Gasteiger partial charge in [0.2, 0.25) is 0 Å². The number of hydrogen-bond acceptors (Lipinski definition) is 5. The topological polar surface area (TPSA) is 67.9 Å². The molecule has 1 aliphatic rings. The standard InChI is InChI=1S/C30H21BrCl2N2O4S/c1-2-38-25-14-20(22(31)15-26(25)39-16-17-10-11-18-6-3-4-7-19(18)12-17)13-21-28(36)34-30(40)35(29(21)37)24-9-5-8-23(32)27(24)33/h3-15H,2,16H2,1H3,(H,34,36,40)/b21-13+. The summed E-state index contributed by atoms with van der Waals surface area (Å²) in [7, 11) is 0. The van der Waals surface area contributed by atoms with Gasteiger partial charge in [-0.15, -0.1) is 0 Å². The molecular weight excluding hydrogens is 635 g/mol. The lowest BCUT2D eigenvalue weighted by molar-refractivity contribution is -0.122. The van der Waals surface area contributed by atoms with Crippen molar-refractivity contribution in [3.63, 3.8) is 0 Å². The molecule has 0 saturated carbocycles. The SMILES string of the molecule is CCOc1cc(/C=C2\C(=O)NC(=S)N(c3cccc(Cl)c3Cl)C2=O)c(Br)cc1OCc1ccc2ccccc2c1. The van der Waals surface area contributed by atoms with E-state index in [0.717, 1.165) is 21.2 Å². The van der Waals surface area contributed by atoms with Crippen molar-refractivity contribution in [1.29, 1.82) is 0 Å². The summed E-state index contributed by atoms with van der Waals surface area (Å²) in [6.45, 7) is 2.57. The van der Waals surface area contributed by atoms with E-state index >= 15 is 0 Å². The zero-order valence-corrected chi connectivity index (χ0v) is 25.0. The monoisotopic (exact) mass is 654 g/mol. The molecule has 1 N–H and O–H groups in total. The molecule has 0 radical (unpaired) electrons. The van der Waals surface area contributed by atoms with E-state index in [1.807, 2.05) is 25.1 Å². The second-order valence-corrected chi connectivity index (χ2v) is 10.8. The second kappa shape index (κ2) is 12.0. The summed E-state index contributed by atoms with van der Waals surface area (Å²) in [6, 6.07) is 22.6. The number of rotatable bonds is 7. The number of nitrogens with one attached hydrogen (secondary N) is 1. The molecule has 10 heteroatoms. The molecule has 40 heavy (non-hydrogen) atoms. The third-order valence-corrected chi connectivity index (χ3v) is 7.93. The maximum absolute atomic E-state index is 13.5. The van der Waals surface area contributed by atoms with Gasteiger partial charge in [0, 0.05) is 4.47 Å². The molecule has 1 saturated heterocycles. The van der Waals surface area contributed by atoms with E-state index in [2.05, 4.69) is 45.5 Å². The van der Waals surface area contributed by atoms with Crippen molar-refractivity contribution >= 4 is 90.8 Å². The van der Waals surface area contributed by atoms with Crippen LogP contribution < -0.4 is 19.7 Å². The van der Waals surface area contributed by atoms with Gasteiger partial charge in [-0.25, -0.2) is 0 Å². The van der Waals surface area contributed by atoms with Crippen molar-refractivity contribution in [3.8, 4) is 11.5 Å². The molecule has 1 heterocycles. The van der Waals surface area contributed by atoms with Gasteiger partial charge in [-0.3, -0.25) is 19.8 Å². The van der Waals surface area contributed by atoms with Crippen LogP contribution in [-0.2, 0) is 16.2 Å². The molecule has 5 rings (SSSR count). The molecule has 0 aromatic heterocycles. The van der Waals surface area contributed by atoms with Crippen LogP contribution >= 0.6 is 51.3 Å². The smallest absolute Gasteiger partial charge is 0.270 e. The Morgan fingerprint density at radius 2 is 1.70 bits per heavy atom. The molecule has 0 spiro atoms. The number of thiocarbonyl (C=S) groups is 1. The van der Waals surface area contributed by atoms with E-state index in [-0.39, 0.29) is 26.4 Å². The minimum absolute atomic E-state index is 0.0946. The minimum atomic E-state index is -0.639. The van der Waals surface area contributed by atoms with Gasteiger partial charge in [-0.1, -0.05) is 81.6 Å². The van der Waals surface area contributed by atoms with Gasteiger partial charge >= 0.3 is 0 Å². The van der Waals surface area contributed by atoms with Crippen LogP contribution in [0.1, 0.15) is 18.1 Å². The highest BCUT2D eigenvalue weighted by molar-refractivity contribution is 9.10. The summed E-state index contributed by atoms with van der Waals surface area (Å²) in [5.74, 6) is -0.297. The zero-order chi connectivity index (χ0) is 28.4. The number of carbonyl (C=O) groups is 2. The summed E-state index contributed by atoms with van der Waals surface area (Å²) in [5, 5.41) is 5.13. The number of ether oxygens (including phenoxy) is 2. The molecule has 2 amide bonds. The Bertz CT molecular complexity index is 1710. The van der Waals surface area contributed by atoms with Crippen molar-refractivity contribution < 1.29 is 19.1 Å². The van der Waals surface area contributed by atoms with Gasteiger partial charge in [-0.2, -0.15) is 0 Å². The van der Waals surface area contributed by atoms with Crippen LogP contribution in [0.4, 0.5) is 5.69 Å².